The summed E-state index contributed by atoms with van der Waals surface area (Å²) in [5.74, 6) is 1.64. The van der Waals surface area contributed by atoms with E-state index in [0.717, 1.165) is 34.7 Å². The van der Waals surface area contributed by atoms with E-state index in [9.17, 15) is 4.79 Å². The minimum atomic E-state index is 0.0353. The molecule has 5 rings (SSSR count). The van der Waals surface area contributed by atoms with Crippen LogP contribution in [0.2, 0.25) is 5.02 Å². The lowest BCUT2D eigenvalue weighted by molar-refractivity contribution is -0.132. The number of thiophene rings is 1. The minimum Gasteiger partial charge on any atom is -0.440 e. The third kappa shape index (κ3) is 3.68. The molecule has 1 aromatic carbocycles. The summed E-state index contributed by atoms with van der Waals surface area (Å²) in [6.45, 7) is 1.49. The van der Waals surface area contributed by atoms with E-state index in [1.54, 1.807) is 22.0 Å². The van der Waals surface area contributed by atoms with Gasteiger partial charge in [0.15, 0.2) is 22.1 Å². The summed E-state index contributed by atoms with van der Waals surface area (Å²) in [4.78, 5) is 20.4. The van der Waals surface area contributed by atoms with Gasteiger partial charge in [-0.15, -0.1) is 11.3 Å². The predicted octanol–water partition coefficient (Wildman–Crippen LogP) is 4.87. The van der Waals surface area contributed by atoms with Crippen LogP contribution < -0.4 is 0 Å². The molecule has 0 radical (unpaired) electrons. The van der Waals surface area contributed by atoms with Crippen molar-refractivity contribution in [3.05, 3.63) is 51.4 Å². The fourth-order valence-corrected chi connectivity index (χ4v) is 4.85. The molecule has 0 unspecified atom stereocenters. The zero-order chi connectivity index (χ0) is 20.7. The molecule has 30 heavy (non-hydrogen) atoms. The van der Waals surface area contributed by atoms with Gasteiger partial charge in [0.25, 0.3) is 0 Å². The van der Waals surface area contributed by atoms with E-state index in [1.165, 1.54) is 0 Å². The molecule has 4 heterocycles. The fraction of sp³-hybridized carbons (Fsp3) is 0.300. The molecule has 0 bridgehead atoms. The second-order valence-electron chi connectivity index (χ2n) is 7.24. The van der Waals surface area contributed by atoms with E-state index < -0.39 is 0 Å². The lowest BCUT2D eigenvalue weighted by atomic mass is 9.97. The summed E-state index contributed by atoms with van der Waals surface area (Å²) < 4.78 is 8.13. The standard InChI is InChI=1S/C20H18ClN5O2S2/c21-13-3-4-15-14(10-13)22-19(28-15)12-5-7-25(8-6-12)17(27)11-26-18(23-24-20(26)29)16-2-1-9-30-16/h1-4,9-10,12H,5-8,11H2,(H,24,29). The molecular formula is C20H18ClN5O2S2. The smallest absolute Gasteiger partial charge is 0.242 e. The van der Waals surface area contributed by atoms with Crippen LogP contribution in [0, 0.1) is 4.77 Å². The maximum atomic E-state index is 12.9. The number of nitrogens with one attached hydrogen (secondary N) is 1. The Morgan fingerprint density at radius 1 is 1.33 bits per heavy atom. The second-order valence-corrected chi connectivity index (χ2v) is 9.01. The molecule has 4 aromatic rings. The van der Waals surface area contributed by atoms with Crippen molar-refractivity contribution in [1.82, 2.24) is 24.6 Å². The van der Waals surface area contributed by atoms with Gasteiger partial charge in [0.05, 0.1) is 4.88 Å². The topological polar surface area (TPSA) is 80.0 Å². The Labute approximate surface area is 186 Å². The van der Waals surface area contributed by atoms with Gasteiger partial charge in [0.1, 0.15) is 12.1 Å². The molecule has 1 aliphatic heterocycles. The molecule has 7 nitrogen and oxygen atoms in total. The van der Waals surface area contributed by atoms with Crippen molar-refractivity contribution >= 4 is 52.2 Å². The number of likely N-dealkylation sites (tertiary alicyclic amines) is 1. The number of carbonyl (C=O) groups excluding carboxylic acids is 1. The Balaban J connectivity index is 1.26. The van der Waals surface area contributed by atoms with Crippen LogP contribution in [0.5, 0.6) is 0 Å². The zero-order valence-corrected chi connectivity index (χ0v) is 18.3. The molecule has 1 saturated heterocycles. The van der Waals surface area contributed by atoms with Crippen molar-refractivity contribution in [2.75, 3.05) is 13.1 Å². The Bertz CT molecular complexity index is 1250. The largest absolute Gasteiger partial charge is 0.440 e. The average molecular weight is 460 g/mol. The zero-order valence-electron chi connectivity index (χ0n) is 15.9. The van der Waals surface area contributed by atoms with Crippen LogP contribution in [0.1, 0.15) is 24.7 Å². The quantitative estimate of drug-likeness (QED) is 0.440. The summed E-state index contributed by atoms with van der Waals surface area (Å²) in [5.41, 5.74) is 1.51. The van der Waals surface area contributed by atoms with Gasteiger partial charge in [-0.1, -0.05) is 17.7 Å². The number of amides is 1. The molecule has 0 atom stereocenters. The third-order valence-corrected chi connectivity index (χ3v) is 6.77. The van der Waals surface area contributed by atoms with Crippen molar-refractivity contribution in [1.29, 1.82) is 0 Å². The van der Waals surface area contributed by atoms with Gasteiger partial charge in [-0.05, 0) is 54.7 Å². The second kappa shape index (κ2) is 7.98. The van der Waals surface area contributed by atoms with Crippen LogP contribution in [0.15, 0.2) is 40.1 Å². The highest BCUT2D eigenvalue weighted by atomic mass is 35.5. The number of aromatic amines is 1. The van der Waals surface area contributed by atoms with E-state index in [4.69, 9.17) is 28.2 Å². The fourth-order valence-electron chi connectivity index (χ4n) is 3.76. The van der Waals surface area contributed by atoms with Gasteiger partial charge in [-0.25, -0.2) is 4.98 Å². The lowest BCUT2D eigenvalue weighted by Crippen LogP contribution is -2.39. The Kier molecular flexibility index (Phi) is 5.18. The molecule has 1 N–H and O–H groups in total. The lowest BCUT2D eigenvalue weighted by Gasteiger charge is -2.30. The Morgan fingerprint density at radius 2 is 2.17 bits per heavy atom. The van der Waals surface area contributed by atoms with E-state index >= 15 is 0 Å². The Morgan fingerprint density at radius 3 is 2.93 bits per heavy atom. The highest BCUT2D eigenvalue weighted by Gasteiger charge is 2.27. The summed E-state index contributed by atoms with van der Waals surface area (Å²) >= 11 is 12.9. The predicted molar refractivity (Wildman–Crippen MR) is 118 cm³/mol. The summed E-state index contributed by atoms with van der Waals surface area (Å²) in [7, 11) is 0. The van der Waals surface area contributed by atoms with Gasteiger partial charge in [-0.2, -0.15) is 5.10 Å². The first-order valence-electron chi connectivity index (χ1n) is 9.61. The van der Waals surface area contributed by atoms with Gasteiger partial charge >= 0.3 is 0 Å². The number of H-pyrrole nitrogens is 1. The number of hydrogen-bond acceptors (Lipinski definition) is 6. The molecule has 154 valence electrons. The number of piperidine rings is 1. The molecule has 0 spiro atoms. The summed E-state index contributed by atoms with van der Waals surface area (Å²) in [6, 6.07) is 9.37. The normalized spacial score (nSPS) is 15.2. The number of oxazole rings is 1. The highest BCUT2D eigenvalue weighted by molar-refractivity contribution is 7.71. The van der Waals surface area contributed by atoms with Crippen LogP contribution in [-0.4, -0.2) is 43.6 Å². The Hall–Kier alpha value is -2.49. The number of benzene rings is 1. The van der Waals surface area contributed by atoms with Crippen molar-refractivity contribution in [3.63, 3.8) is 0 Å². The highest BCUT2D eigenvalue weighted by Crippen LogP contribution is 2.31. The van der Waals surface area contributed by atoms with Crippen molar-refractivity contribution in [2.45, 2.75) is 25.3 Å². The van der Waals surface area contributed by atoms with E-state index in [0.29, 0.717) is 28.7 Å². The summed E-state index contributed by atoms with van der Waals surface area (Å²) in [5, 5.41) is 9.71. The van der Waals surface area contributed by atoms with Crippen LogP contribution in [-0.2, 0) is 11.3 Å². The van der Waals surface area contributed by atoms with Gasteiger partial charge < -0.3 is 9.32 Å². The SMILES string of the molecule is O=C(Cn1c(-c2cccs2)n[nH]c1=S)N1CCC(c2nc3cc(Cl)ccc3o2)CC1. The molecule has 1 amide bonds. The maximum Gasteiger partial charge on any atom is 0.242 e. The van der Waals surface area contributed by atoms with Crippen LogP contribution in [0.3, 0.4) is 0 Å². The van der Waals surface area contributed by atoms with Crippen molar-refractivity contribution in [3.8, 4) is 10.7 Å². The number of aromatic nitrogens is 4. The molecular weight excluding hydrogens is 442 g/mol. The molecule has 0 aliphatic carbocycles. The molecule has 1 aliphatic rings. The van der Waals surface area contributed by atoms with E-state index in [1.807, 2.05) is 34.5 Å². The monoisotopic (exact) mass is 459 g/mol. The first-order chi connectivity index (χ1) is 14.6. The van der Waals surface area contributed by atoms with Crippen LogP contribution >= 0.6 is 35.2 Å². The number of carbonyl (C=O) groups is 1. The van der Waals surface area contributed by atoms with Gasteiger partial charge in [0, 0.05) is 24.0 Å². The molecule has 0 saturated carbocycles. The van der Waals surface area contributed by atoms with Crippen molar-refractivity contribution < 1.29 is 9.21 Å². The molecule has 10 heteroatoms. The molecule has 3 aromatic heterocycles. The first-order valence-corrected chi connectivity index (χ1v) is 11.3. The number of nitrogens with zero attached hydrogens (tertiary/aromatic N) is 4. The number of fused-ring (bicyclic) bond motifs is 1. The van der Waals surface area contributed by atoms with Gasteiger partial charge in [-0.3, -0.25) is 14.5 Å². The minimum absolute atomic E-state index is 0.0353. The number of rotatable bonds is 4. The van der Waals surface area contributed by atoms with E-state index in [2.05, 4.69) is 15.2 Å². The number of halogens is 1. The maximum absolute atomic E-state index is 12.9. The average Bonchev–Trinajstić information content (AvgIpc) is 3.48. The van der Waals surface area contributed by atoms with Crippen LogP contribution in [0.4, 0.5) is 0 Å². The van der Waals surface area contributed by atoms with Crippen LogP contribution in [0.25, 0.3) is 21.8 Å². The van der Waals surface area contributed by atoms with Crippen molar-refractivity contribution in [2.24, 2.45) is 0 Å². The number of hydrogen-bond donors (Lipinski definition) is 1. The third-order valence-electron chi connectivity index (χ3n) is 5.36. The summed E-state index contributed by atoms with van der Waals surface area (Å²) in [6.07, 6.45) is 1.61. The first kappa shape index (κ1) is 19.5. The van der Waals surface area contributed by atoms with E-state index in [-0.39, 0.29) is 18.4 Å². The van der Waals surface area contributed by atoms with Gasteiger partial charge in [0.2, 0.25) is 5.91 Å². The molecule has 1 fully saturated rings.